The first-order chi connectivity index (χ1) is 13.5. The second-order valence-electron chi connectivity index (χ2n) is 6.09. The topological polar surface area (TPSA) is 94.8 Å². The van der Waals surface area contributed by atoms with E-state index in [0.29, 0.717) is 5.02 Å². The van der Waals surface area contributed by atoms with Crippen LogP contribution in [0.25, 0.3) is 0 Å². The maximum Gasteiger partial charge on any atom is 0.283 e. The van der Waals surface area contributed by atoms with Crippen molar-refractivity contribution < 1.29 is 23.2 Å². The molecule has 0 saturated heterocycles. The van der Waals surface area contributed by atoms with Crippen LogP contribution in [-0.2, 0) is 14.9 Å². The molecule has 0 saturated carbocycles. The van der Waals surface area contributed by atoms with Crippen molar-refractivity contribution >= 4 is 56.5 Å². The molecule has 0 fully saturated rings. The third kappa shape index (κ3) is 3.65. The molecule has 10 heteroatoms. The van der Waals surface area contributed by atoms with Gasteiger partial charge in [0.05, 0.1) is 15.1 Å². The summed E-state index contributed by atoms with van der Waals surface area (Å²) in [5, 5.41) is 19.8. The van der Waals surface area contributed by atoms with Crippen LogP contribution in [0.5, 0.6) is 11.5 Å². The van der Waals surface area contributed by atoms with Crippen molar-refractivity contribution in [2.45, 2.75) is 4.75 Å². The summed E-state index contributed by atoms with van der Waals surface area (Å²) in [5.41, 5.74) is -0.209. The minimum atomic E-state index is -5.02. The van der Waals surface area contributed by atoms with E-state index < -0.39 is 26.4 Å². The van der Waals surface area contributed by atoms with Gasteiger partial charge in [0.15, 0.2) is 16.2 Å². The molecule has 0 amide bonds. The highest BCUT2D eigenvalue weighted by Crippen LogP contribution is 2.50. The SMILES string of the molecule is O=S(=O)(O)C(c1ccc(Cl)cc1)(c1cc(O)c(O)c(Cl)c1)c1cccc(Cl)c1Cl. The molecule has 0 aliphatic rings. The van der Waals surface area contributed by atoms with Gasteiger partial charge in [-0.05, 0) is 41.5 Å². The van der Waals surface area contributed by atoms with Crippen LogP contribution in [0.3, 0.4) is 0 Å². The molecule has 0 heterocycles. The summed E-state index contributed by atoms with van der Waals surface area (Å²) in [7, 11) is -5.02. The minimum Gasteiger partial charge on any atom is -0.504 e. The van der Waals surface area contributed by atoms with Gasteiger partial charge in [-0.25, -0.2) is 0 Å². The van der Waals surface area contributed by atoms with Gasteiger partial charge < -0.3 is 10.2 Å². The lowest BCUT2D eigenvalue weighted by molar-refractivity contribution is 0.402. The summed E-state index contributed by atoms with van der Waals surface area (Å²) in [6.07, 6.45) is 0. The van der Waals surface area contributed by atoms with Crippen LogP contribution in [0, 0.1) is 0 Å². The molecule has 0 aromatic heterocycles. The van der Waals surface area contributed by atoms with Crippen molar-refractivity contribution in [2.75, 3.05) is 0 Å². The molecular formula is C19H12Cl4O5S. The third-order valence-corrected chi connectivity index (χ3v) is 7.24. The second kappa shape index (κ2) is 7.87. The van der Waals surface area contributed by atoms with Crippen molar-refractivity contribution in [2.24, 2.45) is 0 Å². The first-order valence-corrected chi connectivity index (χ1v) is 10.8. The standard InChI is InChI=1S/C19H12Cl4O5S/c20-12-6-4-10(5-7-12)19(29(26,27)28,13-2-1-3-14(21)17(13)23)11-8-15(22)18(25)16(24)9-11/h1-9,24-25H,(H,26,27,28). The average Bonchev–Trinajstić information content (AvgIpc) is 2.64. The molecular weight excluding hydrogens is 482 g/mol. The molecule has 0 radical (unpaired) electrons. The second-order valence-corrected chi connectivity index (χ2v) is 9.28. The molecule has 3 N–H and O–H groups in total. The number of aromatic hydroxyl groups is 2. The fraction of sp³-hybridized carbons (Fsp3) is 0.0526. The Morgan fingerprint density at radius 2 is 1.41 bits per heavy atom. The summed E-state index contributed by atoms with van der Waals surface area (Å²) in [6, 6.07) is 12.0. The van der Waals surface area contributed by atoms with Gasteiger partial charge in [0.1, 0.15) is 0 Å². The van der Waals surface area contributed by atoms with E-state index >= 15 is 0 Å². The van der Waals surface area contributed by atoms with E-state index in [1.807, 2.05) is 0 Å². The Balaban J connectivity index is 2.58. The minimum absolute atomic E-state index is 0.0419. The van der Waals surface area contributed by atoms with Crippen LogP contribution >= 0.6 is 46.4 Å². The smallest absolute Gasteiger partial charge is 0.283 e. The Morgan fingerprint density at radius 1 is 0.793 bits per heavy atom. The Kier molecular flexibility index (Phi) is 5.98. The molecule has 3 rings (SSSR count). The summed E-state index contributed by atoms with van der Waals surface area (Å²) in [5.74, 6) is -1.33. The fourth-order valence-corrected chi connectivity index (χ4v) is 5.30. The van der Waals surface area contributed by atoms with E-state index in [4.69, 9.17) is 46.4 Å². The Hall–Kier alpha value is -1.67. The lowest BCUT2D eigenvalue weighted by Crippen LogP contribution is -2.38. The molecule has 0 bridgehead atoms. The van der Waals surface area contributed by atoms with Crippen LogP contribution in [0.2, 0.25) is 20.1 Å². The number of phenols is 2. The highest BCUT2D eigenvalue weighted by molar-refractivity contribution is 7.87. The monoisotopic (exact) mass is 492 g/mol. The molecule has 3 aromatic carbocycles. The Bertz CT molecular complexity index is 1170. The molecule has 29 heavy (non-hydrogen) atoms. The van der Waals surface area contributed by atoms with Gasteiger partial charge in [0, 0.05) is 10.6 Å². The van der Waals surface area contributed by atoms with E-state index in [1.165, 1.54) is 42.5 Å². The van der Waals surface area contributed by atoms with Crippen LogP contribution in [0.4, 0.5) is 0 Å². The maximum absolute atomic E-state index is 12.9. The summed E-state index contributed by atoms with van der Waals surface area (Å²) < 4.78 is 34.0. The number of halogens is 4. The molecule has 1 atom stereocenters. The number of rotatable bonds is 4. The largest absolute Gasteiger partial charge is 0.504 e. The molecule has 0 aliphatic carbocycles. The van der Waals surface area contributed by atoms with Gasteiger partial charge in [0.25, 0.3) is 10.1 Å². The quantitative estimate of drug-likeness (QED) is 0.239. The number of hydrogen-bond acceptors (Lipinski definition) is 4. The van der Waals surface area contributed by atoms with E-state index in [-0.39, 0.29) is 31.8 Å². The number of hydrogen-bond donors (Lipinski definition) is 3. The highest BCUT2D eigenvalue weighted by Gasteiger charge is 2.50. The van der Waals surface area contributed by atoms with Gasteiger partial charge in [-0.3, -0.25) is 4.55 Å². The molecule has 1 unspecified atom stereocenters. The molecule has 152 valence electrons. The van der Waals surface area contributed by atoms with Crippen molar-refractivity contribution in [1.82, 2.24) is 0 Å². The third-order valence-electron chi connectivity index (χ3n) is 4.42. The zero-order valence-corrected chi connectivity index (χ0v) is 18.1. The van der Waals surface area contributed by atoms with Crippen LogP contribution in [-0.4, -0.2) is 23.2 Å². The fourth-order valence-electron chi connectivity index (χ4n) is 3.16. The lowest BCUT2D eigenvalue weighted by atomic mass is 9.83. The Labute approximate surface area is 186 Å². The van der Waals surface area contributed by atoms with E-state index in [2.05, 4.69) is 0 Å². The predicted molar refractivity (Wildman–Crippen MR) is 114 cm³/mol. The number of phenolic OH excluding ortho intramolecular Hbond substituents is 2. The van der Waals surface area contributed by atoms with Crippen molar-refractivity contribution in [3.8, 4) is 11.5 Å². The summed E-state index contributed by atoms with van der Waals surface area (Å²) >= 11 is 24.4. The molecule has 5 nitrogen and oxygen atoms in total. The Morgan fingerprint density at radius 3 is 1.97 bits per heavy atom. The predicted octanol–water partition coefficient (Wildman–Crippen LogP) is 5.89. The first-order valence-electron chi connectivity index (χ1n) is 7.89. The molecule has 0 spiro atoms. The van der Waals surface area contributed by atoms with E-state index in [1.54, 1.807) is 0 Å². The first kappa shape index (κ1) is 22.0. The van der Waals surface area contributed by atoms with Gasteiger partial charge in [0.2, 0.25) is 0 Å². The lowest BCUT2D eigenvalue weighted by Gasteiger charge is -2.33. The van der Waals surface area contributed by atoms with Gasteiger partial charge in [-0.15, -0.1) is 0 Å². The summed E-state index contributed by atoms with van der Waals surface area (Å²) in [4.78, 5) is 0. The van der Waals surface area contributed by atoms with Gasteiger partial charge in [-0.1, -0.05) is 70.7 Å². The van der Waals surface area contributed by atoms with Crippen molar-refractivity contribution in [3.63, 3.8) is 0 Å². The highest BCUT2D eigenvalue weighted by atomic mass is 35.5. The number of benzene rings is 3. The van der Waals surface area contributed by atoms with Gasteiger partial charge >= 0.3 is 0 Å². The zero-order chi connectivity index (χ0) is 21.6. The normalized spacial score (nSPS) is 13.8. The summed E-state index contributed by atoms with van der Waals surface area (Å²) in [6.45, 7) is 0. The van der Waals surface area contributed by atoms with Crippen LogP contribution in [0.1, 0.15) is 16.7 Å². The zero-order valence-electron chi connectivity index (χ0n) is 14.3. The molecule has 0 aliphatic heterocycles. The van der Waals surface area contributed by atoms with Crippen molar-refractivity contribution in [3.05, 3.63) is 91.4 Å². The average molecular weight is 494 g/mol. The van der Waals surface area contributed by atoms with E-state index in [9.17, 15) is 23.2 Å². The maximum atomic E-state index is 12.9. The van der Waals surface area contributed by atoms with Crippen LogP contribution < -0.4 is 0 Å². The van der Waals surface area contributed by atoms with Crippen molar-refractivity contribution in [1.29, 1.82) is 0 Å². The van der Waals surface area contributed by atoms with Crippen LogP contribution in [0.15, 0.2) is 54.6 Å². The molecule has 3 aromatic rings. The van der Waals surface area contributed by atoms with E-state index in [0.717, 1.165) is 12.1 Å². The van der Waals surface area contributed by atoms with Gasteiger partial charge in [-0.2, -0.15) is 8.42 Å².